The minimum Gasteiger partial charge on any atom is -0.374 e. The van der Waals surface area contributed by atoms with Crippen molar-refractivity contribution < 1.29 is 4.74 Å². The minimum absolute atomic E-state index is 0.0546. The molecule has 0 spiro atoms. The van der Waals surface area contributed by atoms with Crippen molar-refractivity contribution in [3.05, 3.63) is 0 Å². The van der Waals surface area contributed by atoms with Gasteiger partial charge in [-0.1, -0.05) is 26.7 Å². The summed E-state index contributed by atoms with van der Waals surface area (Å²) < 4.78 is 6.07. The van der Waals surface area contributed by atoms with E-state index < -0.39 is 0 Å². The van der Waals surface area contributed by atoms with Gasteiger partial charge in [0.25, 0.3) is 0 Å². The Hall–Kier alpha value is -0.120. The Morgan fingerprint density at radius 3 is 2.73 bits per heavy atom. The lowest BCUT2D eigenvalue weighted by Crippen LogP contribution is -2.52. The number of unbranched alkanes of at least 4 members (excludes halogenated alkanes) is 1. The summed E-state index contributed by atoms with van der Waals surface area (Å²) in [7, 11) is 0. The SMILES string of the molecule is CCCCC1(OCCC)CCCN(N)C1. The van der Waals surface area contributed by atoms with Crippen molar-refractivity contribution in [1.29, 1.82) is 0 Å². The lowest BCUT2D eigenvalue weighted by molar-refractivity contribution is -0.0964. The molecule has 0 aliphatic carbocycles. The molecule has 2 N–H and O–H groups in total. The number of hydrogen-bond donors (Lipinski definition) is 1. The van der Waals surface area contributed by atoms with Crippen molar-refractivity contribution in [3.63, 3.8) is 0 Å². The molecule has 1 fully saturated rings. The second kappa shape index (κ2) is 6.46. The van der Waals surface area contributed by atoms with Gasteiger partial charge in [-0.25, -0.2) is 5.01 Å². The van der Waals surface area contributed by atoms with Gasteiger partial charge in [0, 0.05) is 19.7 Å². The molecule has 0 saturated carbocycles. The molecule has 90 valence electrons. The van der Waals surface area contributed by atoms with Gasteiger partial charge in [-0.2, -0.15) is 0 Å². The average Bonchev–Trinajstić information content (AvgIpc) is 2.24. The van der Waals surface area contributed by atoms with E-state index in [1.807, 2.05) is 5.01 Å². The molecule has 1 aliphatic rings. The lowest BCUT2D eigenvalue weighted by Gasteiger charge is -2.41. The molecule has 0 aromatic heterocycles. The fourth-order valence-corrected chi connectivity index (χ4v) is 2.34. The predicted molar refractivity (Wildman–Crippen MR) is 63.5 cm³/mol. The average molecular weight is 214 g/mol. The Bertz CT molecular complexity index is 165. The van der Waals surface area contributed by atoms with Crippen molar-refractivity contribution in [1.82, 2.24) is 5.01 Å². The Kier molecular flexibility index (Phi) is 5.58. The summed E-state index contributed by atoms with van der Waals surface area (Å²) in [4.78, 5) is 0. The van der Waals surface area contributed by atoms with E-state index in [-0.39, 0.29) is 5.60 Å². The molecule has 1 unspecified atom stereocenters. The van der Waals surface area contributed by atoms with Gasteiger partial charge in [-0.15, -0.1) is 0 Å². The fourth-order valence-electron chi connectivity index (χ4n) is 2.34. The highest BCUT2D eigenvalue weighted by Crippen LogP contribution is 2.29. The summed E-state index contributed by atoms with van der Waals surface area (Å²) in [5, 5.41) is 1.93. The number of nitrogens with two attached hydrogens (primary N) is 1. The van der Waals surface area contributed by atoms with Gasteiger partial charge in [0.05, 0.1) is 5.60 Å². The van der Waals surface area contributed by atoms with Crippen molar-refractivity contribution >= 4 is 0 Å². The van der Waals surface area contributed by atoms with Crippen LogP contribution >= 0.6 is 0 Å². The molecule has 0 bridgehead atoms. The zero-order valence-corrected chi connectivity index (χ0v) is 10.3. The van der Waals surface area contributed by atoms with Crippen molar-refractivity contribution in [2.24, 2.45) is 5.84 Å². The largest absolute Gasteiger partial charge is 0.374 e. The normalized spacial score (nSPS) is 28.2. The molecule has 3 heteroatoms. The highest BCUT2D eigenvalue weighted by molar-refractivity contribution is 4.87. The first-order valence-corrected chi connectivity index (χ1v) is 6.36. The number of ether oxygens (including phenoxy) is 1. The third-order valence-electron chi connectivity index (χ3n) is 3.17. The maximum absolute atomic E-state index is 6.07. The molecule has 1 heterocycles. The second-order valence-corrected chi connectivity index (χ2v) is 4.71. The van der Waals surface area contributed by atoms with Gasteiger partial charge in [-0.05, 0) is 25.7 Å². The predicted octanol–water partition coefficient (Wildman–Crippen LogP) is 2.31. The third-order valence-corrected chi connectivity index (χ3v) is 3.17. The summed E-state index contributed by atoms with van der Waals surface area (Å²) >= 11 is 0. The lowest BCUT2D eigenvalue weighted by atomic mass is 9.88. The van der Waals surface area contributed by atoms with Crippen LogP contribution in [0.2, 0.25) is 0 Å². The van der Waals surface area contributed by atoms with Gasteiger partial charge in [0.15, 0.2) is 0 Å². The Balaban J connectivity index is 2.49. The number of piperidine rings is 1. The van der Waals surface area contributed by atoms with E-state index in [1.54, 1.807) is 0 Å². The highest BCUT2D eigenvalue weighted by Gasteiger charge is 2.34. The second-order valence-electron chi connectivity index (χ2n) is 4.71. The number of hydrazine groups is 1. The molecule has 3 nitrogen and oxygen atoms in total. The van der Waals surface area contributed by atoms with Gasteiger partial charge in [0.1, 0.15) is 0 Å². The van der Waals surface area contributed by atoms with E-state index in [0.717, 1.165) is 32.5 Å². The van der Waals surface area contributed by atoms with Crippen LogP contribution < -0.4 is 5.84 Å². The van der Waals surface area contributed by atoms with Gasteiger partial charge < -0.3 is 4.74 Å². The van der Waals surface area contributed by atoms with E-state index in [0.29, 0.717) is 0 Å². The van der Waals surface area contributed by atoms with Crippen molar-refractivity contribution in [3.8, 4) is 0 Å². The molecular weight excluding hydrogens is 188 g/mol. The number of nitrogens with zero attached hydrogens (tertiary/aromatic N) is 1. The van der Waals surface area contributed by atoms with Crippen molar-refractivity contribution in [2.75, 3.05) is 19.7 Å². The standard InChI is InChI=1S/C12H26N2O/c1-3-5-7-12(15-10-4-2)8-6-9-14(13)11-12/h3-11,13H2,1-2H3. The van der Waals surface area contributed by atoms with Crippen LogP contribution in [0.3, 0.4) is 0 Å². The van der Waals surface area contributed by atoms with Crippen LogP contribution in [0.5, 0.6) is 0 Å². The molecule has 1 saturated heterocycles. The monoisotopic (exact) mass is 214 g/mol. The van der Waals surface area contributed by atoms with Crippen LogP contribution in [0, 0.1) is 0 Å². The summed E-state index contributed by atoms with van der Waals surface area (Å²) in [5.74, 6) is 5.91. The topological polar surface area (TPSA) is 38.5 Å². The smallest absolute Gasteiger partial charge is 0.0823 e. The van der Waals surface area contributed by atoms with Crippen LogP contribution in [0.15, 0.2) is 0 Å². The van der Waals surface area contributed by atoms with E-state index in [1.165, 1.54) is 25.7 Å². The van der Waals surface area contributed by atoms with Gasteiger partial charge in [-0.3, -0.25) is 5.84 Å². The quantitative estimate of drug-likeness (QED) is 0.690. The van der Waals surface area contributed by atoms with E-state index >= 15 is 0 Å². The van der Waals surface area contributed by atoms with Crippen LogP contribution in [-0.2, 0) is 4.74 Å². The van der Waals surface area contributed by atoms with Gasteiger partial charge >= 0.3 is 0 Å². The first kappa shape index (κ1) is 12.9. The van der Waals surface area contributed by atoms with Crippen LogP contribution in [0.25, 0.3) is 0 Å². The van der Waals surface area contributed by atoms with Crippen LogP contribution in [0.4, 0.5) is 0 Å². The zero-order chi connectivity index (χ0) is 11.1. The maximum atomic E-state index is 6.07. The summed E-state index contributed by atoms with van der Waals surface area (Å²) in [6.07, 6.45) is 7.10. The summed E-state index contributed by atoms with van der Waals surface area (Å²) in [5.41, 5.74) is 0.0546. The summed E-state index contributed by atoms with van der Waals surface area (Å²) in [6, 6.07) is 0. The van der Waals surface area contributed by atoms with Crippen LogP contribution in [-0.4, -0.2) is 30.3 Å². The third kappa shape index (κ3) is 4.09. The first-order chi connectivity index (χ1) is 7.22. The Morgan fingerprint density at radius 2 is 2.13 bits per heavy atom. The number of hydrogen-bond acceptors (Lipinski definition) is 3. The maximum Gasteiger partial charge on any atom is 0.0823 e. The molecule has 1 rings (SSSR count). The molecule has 0 aromatic carbocycles. The molecule has 0 radical (unpaired) electrons. The first-order valence-electron chi connectivity index (χ1n) is 6.36. The zero-order valence-electron chi connectivity index (χ0n) is 10.3. The van der Waals surface area contributed by atoms with E-state index in [9.17, 15) is 0 Å². The molecular formula is C12H26N2O. The molecule has 0 aromatic rings. The summed E-state index contributed by atoms with van der Waals surface area (Å²) in [6.45, 7) is 7.20. The van der Waals surface area contributed by atoms with Gasteiger partial charge in [0.2, 0.25) is 0 Å². The van der Waals surface area contributed by atoms with Crippen LogP contribution in [0.1, 0.15) is 52.4 Å². The highest BCUT2D eigenvalue weighted by atomic mass is 16.5. The Morgan fingerprint density at radius 1 is 1.33 bits per heavy atom. The Labute approximate surface area is 93.9 Å². The van der Waals surface area contributed by atoms with Crippen molar-refractivity contribution in [2.45, 2.75) is 58.0 Å². The number of rotatable bonds is 6. The molecule has 1 atom stereocenters. The van der Waals surface area contributed by atoms with E-state index in [2.05, 4.69) is 13.8 Å². The minimum atomic E-state index is 0.0546. The molecule has 15 heavy (non-hydrogen) atoms. The van der Waals surface area contributed by atoms with E-state index in [4.69, 9.17) is 10.6 Å². The fraction of sp³-hybridized carbons (Fsp3) is 1.00. The molecule has 1 aliphatic heterocycles. The molecule has 0 amide bonds.